The van der Waals surface area contributed by atoms with Gasteiger partial charge >= 0.3 is 0 Å². The van der Waals surface area contributed by atoms with Gasteiger partial charge in [0.1, 0.15) is 19.0 Å². The number of aryl methyl sites for hydroxylation is 2. The number of hydrogen-bond acceptors (Lipinski definition) is 5. The molecule has 5 rings (SSSR count). The van der Waals surface area contributed by atoms with Crippen molar-refractivity contribution >= 4 is 41.2 Å². The average Bonchev–Trinajstić information content (AvgIpc) is 3.83. The summed E-state index contributed by atoms with van der Waals surface area (Å²) in [5.74, 6) is 1.36. The summed E-state index contributed by atoms with van der Waals surface area (Å²) in [6, 6.07) is 18.3. The molecule has 43 heavy (non-hydrogen) atoms. The molecule has 0 unspecified atom stereocenters. The third kappa shape index (κ3) is 8.53. The molecular weight excluding hydrogens is 587 g/mol. The van der Waals surface area contributed by atoms with Crippen molar-refractivity contribution in [1.29, 1.82) is 0 Å². The Kier molecular flexibility index (Phi) is 11.5. The molecule has 7 nitrogen and oxygen atoms in total. The molecule has 0 saturated heterocycles. The third-order valence-electron chi connectivity index (χ3n) is 7.73. The third-order valence-corrected chi connectivity index (χ3v) is 8.29. The van der Waals surface area contributed by atoms with Crippen molar-refractivity contribution in [3.05, 3.63) is 98.0 Å². The lowest BCUT2D eigenvalue weighted by Crippen LogP contribution is -2.39. The van der Waals surface area contributed by atoms with E-state index in [4.69, 9.17) is 42.6 Å². The molecule has 0 spiro atoms. The van der Waals surface area contributed by atoms with Crippen molar-refractivity contribution in [3.63, 3.8) is 0 Å². The summed E-state index contributed by atoms with van der Waals surface area (Å²) in [4.78, 5) is 24.4. The summed E-state index contributed by atoms with van der Waals surface area (Å²) in [7, 11) is 0. The predicted octanol–water partition coefficient (Wildman–Crippen LogP) is 7.02. The average molecular weight is 626 g/mol. The van der Waals surface area contributed by atoms with Gasteiger partial charge in [0.25, 0.3) is 12.4 Å². The maximum absolute atomic E-state index is 14.0. The number of carbonyl (C=O) groups excluding carboxylic acids is 1. The van der Waals surface area contributed by atoms with E-state index in [2.05, 4.69) is 42.3 Å². The summed E-state index contributed by atoms with van der Waals surface area (Å²) in [6.07, 6.45) is 2.96. The molecule has 2 aliphatic rings. The zero-order valence-electron chi connectivity index (χ0n) is 24.8. The molecule has 9 heteroatoms. The van der Waals surface area contributed by atoms with Crippen LogP contribution in [0.1, 0.15) is 47.1 Å². The topological polar surface area (TPSA) is 88.1 Å². The van der Waals surface area contributed by atoms with Crippen molar-refractivity contribution in [2.24, 2.45) is 0 Å². The quantitative estimate of drug-likeness (QED) is 0.186. The Balaban J connectivity index is 0.00000135. The first-order valence-electron chi connectivity index (χ1n) is 14.4. The van der Waals surface area contributed by atoms with Crippen molar-refractivity contribution in [2.75, 3.05) is 26.3 Å². The molecule has 0 bridgehead atoms. The van der Waals surface area contributed by atoms with Crippen LogP contribution in [0.25, 0.3) is 5.57 Å². The van der Waals surface area contributed by atoms with Crippen LogP contribution < -0.4 is 14.8 Å². The molecule has 1 amide bonds. The van der Waals surface area contributed by atoms with Gasteiger partial charge < -0.3 is 24.8 Å². The van der Waals surface area contributed by atoms with E-state index in [-0.39, 0.29) is 12.4 Å². The highest BCUT2D eigenvalue weighted by Crippen LogP contribution is 2.35. The molecule has 2 N–H and O–H groups in total. The first kappa shape index (κ1) is 32.4. The van der Waals surface area contributed by atoms with Crippen LogP contribution in [0, 0.1) is 20.8 Å². The van der Waals surface area contributed by atoms with E-state index in [0.717, 1.165) is 53.8 Å². The monoisotopic (exact) mass is 624 g/mol. The minimum absolute atomic E-state index is 0.150. The highest BCUT2D eigenvalue weighted by Gasteiger charge is 2.35. The minimum atomic E-state index is -0.250. The summed E-state index contributed by atoms with van der Waals surface area (Å²) >= 11 is 12.5. The fraction of sp³-hybridized carbons (Fsp3) is 0.353. The van der Waals surface area contributed by atoms with Gasteiger partial charge in [-0.3, -0.25) is 9.59 Å². The van der Waals surface area contributed by atoms with Crippen molar-refractivity contribution in [1.82, 2.24) is 10.2 Å². The highest BCUT2D eigenvalue weighted by atomic mass is 35.5. The lowest BCUT2D eigenvalue weighted by atomic mass is 9.93. The Morgan fingerprint density at radius 1 is 1.02 bits per heavy atom. The van der Waals surface area contributed by atoms with Gasteiger partial charge in [-0.15, -0.1) is 0 Å². The second kappa shape index (κ2) is 15.3. The van der Waals surface area contributed by atoms with Crippen LogP contribution in [0.2, 0.25) is 10.0 Å². The van der Waals surface area contributed by atoms with Gasteiger partial charge in [-0.05, 0) is 104 Å². The lowest BCUT2D eigenvalue weighted by Gasteiger charge is -2.29. The van der Waals surface area contributed by atoms with Crippen molar-refractivity contribution in [3.8, 4) is 11.5 Å². The Morgan fingerprint density at radius 2 is 1.67 bits per heavy atom. The number of carbonyl (C=O) groups is 2. The molecule has 0 atom stereocenters. The van der Waals surface area contributed by atoms with E-state index in [0.29, 0.717) is 48.1 Å². The first-order valence-corrected chi connectivity index (χ1v) is 15.2. The van der Waals surface area contributed by atoms with E-state index in [9.17, 15) is 4.79 Å². The molecule has 1 heterocycles. The van der Waals surface area contributed by atoms with Crippen molar-refractivity contribution in [2.45, 2.75) is 52.6 Å². The zero-order valence-corrected chi connectivity index (χ0v) is 26.3. The van der Waals surface area contributed by atoms with Gasteiger partial charge in [0.05, 0.1) is 10.0 Å². The molecule has 0 aromatic heterocycles. The van der Waals surface area contributed by atoms with Gasteiger partial charge in [0, 0.05) is 24.7 Å². The standard InChI is InChI=1S/C33H36Cl2N2O3.CH2O2/c1-21-17-30(34)32(31(35)18-21)40-16-15-39-27-11-7-24(8-12-27)28-13-14-36-19-29(28)33(38)37(26-9-10-26)20-25-6-4-5-22(2)23(25)3;2-1-3/h4-8,11-12,17-18,26,36H,9-10,13-16,19-20H2,1-3H3;1H,(H,2,3). The zero-order chi connectivity index (χ0) is 30.9. The largest absolute Gasteiger partial charge is 0.490 e. The van der Waals surface area contributed by atoms with Gasteiger partial charge in [0.2, 0.25) is 0 Å². The summed E-state index contributed by atoms with van der Waals surface area (Å²) in [5.41, 5.74) is 7.79. The molecule has 1 aliphatic carbocycles. The maximum atomic E-state index is 14.0. The van der Waals surface area contributed by atoms with E-state index < -0.39 is 0 Å². The number of hydrogen-bond donors (Lipinski definition) is 2. The normalized spacial score (nSPS) is 14.4. The van der Waals surface area contributed by atoms with Gasteiger partial charge in [-0.25, -0.2) is 0 Å². The SMILES string of the molecule is Cc1cc(Cl)c(OCCOc2ccc(C3=C(C(=O)N(Cc4cccc(C)c4C)C4CC4)CNCC3)cc2)c(Cl)c1.O=CO. The Labute approximate surface area is 263 Å². The van der Waals surface area contributed by atoms with Crippen LogP contribution in [0.15, 0.2) is 60.2 Å². The van der Waals surface area contributed by atoms with Gasteiger partial charge in [-0.1, -0.05) is 53.5 Å². The van der Waals surface area contributed by atoms with Crippen LogP contribution in [-0.4, -0.2) is 54.7 Å². The number of benzene rings is 3. The van der Waals surface area contributed by atoms with Crippen LogP contribution in [0.3, 0.4) is 0 Å². The molecule has 3 aromatic rings. The molecular formula is C34H38Cl2N2O5. The molecule has 3 aromatic carbocycles. The lowest BCUT2D eigenvalue weighted by molar-refractivity contribution is -0.128. The molecule has 1 fully saturated rings. The fourth-order valence-electron chi connectivity index (χ4n) is 5.18. The summed E-state index contributed by atoms with van der Waals surface area (Å²) in [5, 5.41) is 11.3. The minimum Gasteiger partial charge on any atom is -0.490 e. The van der Waals surface area contributed by atoms with Crippen LogP contribution >= 0.6 is 23.2 Å². The van der Waals surface area contributed by atoms with E-state index in [1.54, 1.807) is 0 Å². The second-order valence-electron chi connectivity index (χ2n) is 10.8. The highest BCUT2D eigenvalue weighted by molar-refractivity contribution is 6.37. The Bertz CT molecular complexity index is 1450. The van der Waals surface area contributed by atoms with E-state index in [1.807, 2.05) is 43.3 Å². The molecule has 1 saturated carbocycles. The fourth-order valence-corrected chi connectivity index (χ4v) is 5.89. The number of nitrogens with one attached hydrogen (secondary N) is 1. The first-order chi connectivity index (χ1) is 20.7. The van der Waals surface area contributed by atoms with E-state index >= 15 is 0 Å². The van der Waals surface area contributed by atoms with Gasteiger partial charge in [0.15, 0.2) is 5.75 Å². The molecule has 0 radical (unpaired) electrons. The van der Waals surface area contributed by atoms with Crippen LogP contribution in [0.5, 0.6) is 11.5 Å². The smallest absolute Gasteiger partial charge is 0.290 e. The molecule has 1 aliphatic heterocycles. The van der Waals surface area contributed by atoms with E-state index in [1.165, 1.54) is 16.7 Å². The predicted molar refractivity (Wildman–Crippen MR) is 171 cm³/mol. The number of halogens is 2. The van der Waals surface area contributed by atoms with Gasteiger partial charge in [-0.2, -0.15) is 0 Å². The van der Waals surface area contributed by atoms with Crippen LogP contribution in [-0.2, 0) is 16.1 Å². The Hall–Kier alpha value is -3.52. The Morgan fingerprint density at radius 3 is 2.33 bits per heavy atom. The number of carboxylic acid groups (broad SMARTS) is 1. The van der Waals surface area contributed by atoms with Crippen LogP contribution in [0.4, 0.5) is 0 Å². The number of ether oxygens (including phenoxy) is 2. The number of nitrogens with zero attached hydrogens (tertiary/aromatic N) is 1. The maximum Gasteiger partial charge on any atom is 0.290 e. The number of amides is 1. The van der Waals surface area contributed by atoms with Crippen molar-refractivity contribution < 1.29 is 24.2 Å². The summed E-state index contributed by atoms with van der Waals surface area (Å²) < 4.78 is 11.7. The number of rotatable bonds is 10. The molecule has 228 valence electrons. The second-order valence-corrected chi connectivity index (χ2v) is 11.6. The summed E-state index contributed by atoms with van der Waals surface area (Å²) in [6.45, 7) is 8.72.